The Hall–Kier alpha value is -1.36. The number of nitrogens with one attached hydrogen (secondary N) is 1. The predicted octanol–water partition coefficient (Wildman–Crippen LogP) is 1.81. The molecule has 2 heterocycles. The minimum absolute atomic E-state index is 0.161. The van der Waals surface area contributed by atoms with Crippen LogP contribution in [0.15, 0.2) is 12.5 Å². The normalized spacial score (nSPS) is 16.9. The molecule has 1 N–H and O–H groups in total. The molecule has 1 aliphatic rings. The molecular weight excluding hydrogens is 252 g/mol. The molecule has 0 aliphatic carbocycles. The number of aromatic nitrogens is 2. The van der Waals surface area contributed by atoms with Gasteiger partial charge in [0.15, 0.2) is 0 Å². The van der Waals surface area contributed by atoms with Crippen LogP contribution in [0.1, 0.15) is 45.3 Å². The second kappa shape index (κ2) is 6.88. The topological polar surface area (TPSA) is 50.2 Å². The van der Waals surface area contributed by atoms with E-state index in [1.807, 2.05) is 22.6 Å². The van der Waals surface area contributed by atoms with Gasteiger partial charge >= 0.3 is 0 Å². The number of carbonyl (C=O) groups is 1. The van der Waals surface area contributed by atoms with E-state index in [0.29, 0.717) is 5.92 Å². The third-order valence-electron chi connectivity index (χ3n) is 3.80. The lowest BCUT2D eigenvalue weighted by Crippen LogP contribution is -2.34. The number of likely N-dealkylation sites (tertiary alicyclic amines) is 1. The van der Waals surface area contributed by atoms with Crippen molar-refractivity contribution in [1.82, 2.24) is 19.8 Å². The summed E-state index contributed by atoms with van der Waals surface area (Å²) in [5, 5.41) is 3.41. The molecular formula is C15H26N4O. The van der Waals surface area contributed by atoms with Gasteiger partial charge < -0.3 is 14.8 Å². The van der Waals surface area contributed by atoms with Crippen LogP contribution in [-0.2, 0) is 11.3 Å². The van der Waals surface area contributed by atoms with Gasteiger partial charge in [-0.3, -0.25) is 4.79 Å². The molecule has 0 aromatic carbocycles. The molecule has 1 aromatic rings. The van der Waals surface area contributed by atoms with E-state index in [1.165, 1.54) is 0 Å². The van der Waals surface area contributed by atoms with Crippen molar-refractivity contribution in [3.8, 4) is 0 Å². The maximum atomic E-state index is 12.4. The molecule has 5 nitrogen and oxygen atoms in total. The SMILES string of the molecule is CC(C)CNCc1cncn1C(C)C(=O)N1CCCC1. The van der Waals surface area contributed by atoms with E-state index in [-0.39, 0.29) is 11.9 Å². The number of amides is 1. The molecule has 1 amide bonds. The number of carbonyl (C=O) groups excluding carboxylic acids is 1. The van der Waals surface area contributed by atoms with Crippen molar-refractivity contribution in [3.05, 3.63) is 18.2 Å². The molecule has 112 valence electrons. The Labute approximate surface area is 121 Å². The van der Waals surface area contributed by atoms with Gasteiger partial charge in [0.2, 0.25) is 5.91 Å². The van der Waals surface area contributed by atoms with Crippen LogP contribution in [0.5, 0.6) is 0 Å². The molecule has 1 fully saturated rings. The quantitative estimate of drug-likeness (QED) is 0.863. The summed E-state index contributed by atoms with van der Waals surface area (Å²) in [5.41, 5.74) is 1.07. The zero-order chi connectivity index (χ0) is 14.5. The highest BCUT2D eigenvalue weighted by Crippen LogP contribution is 2.17. The Morgan fingerprint density at radius 3 is 2.70 bits per heavy atom. The van der Waals surface area contributed by atoms with Gasteiger partial charge in [-0.1, -0.05) is 13.8 Å². The molecule has 1 atom stereocenters. The van der Waals surface area contributed by atoms with Crippen LogP contribution >= 0.6 is 0 Å². The summed E-state index contributed by atoms with van der Waals surface area (Å²) in [6.07, 6.45) is 5.88. The highest BCUT2D eigenvalue weighted by atomic mass is 16.2. The van der Waals surface area contributed by atoms with E-state index in [4.69, 9.17) is 0 Å². The maximum absolute atomic E-state index is 12.4. The molecule has 2 rings (SSSR count). The van der Waals surface area contributed by atoms with E-state index < -0.39 is 0 Å². The molecule has 0 saturated carbocycles. The number of hydrogen-bond acceptors (Lipinski definition) is 3. The lowest BCUT2D eigenvalue weighted by molar-refractivity contribution is -0.133. The van der Waals surface area contributed by atoms with E-state index >= 15 is 0 Å². The first-order chi connectivity index (χ1) is 9.59. The molecule has 5 heteroatoms. The smallest absolute Gasteiger partial charge is 0.245 e. The van der Waals surface area contributed by atoms with Crippen molar-refractivity contribution >= 4 is 5.91 Å². The Morgan fingerprint density at radius 2 is 2.05 bits per heavy atom. The van der Waals surface area contributed by atoms with Crippen molar-refractivity contribution < 1.29 is 4.79 Å². The van der Waals surface area contributed by atoms with Gasteiger partial charge in [0.1, 0.15) is 6.04 Å². The minimum Gasteiger partial charge on any atom is -0.341 e. The van der Waals surface area contributed by atoms with Gasteiger partial charge in [-0.2, -0.15) is 0 Å². The summed E-state index contributed by atoms with van der Waals surface area (Å²) in [5.74, 6) is 0.834. The number of rotatable bonds is 6. The van der Waals surface area contributed by atoms with Crippen molar-refractivity contribution in [2.45, 2.75) is 46.2 Å². The molecule has 1 unspecified atom stereocenters. The molecule has 1 saturated heterocycles. The van der Waals surface area contributed by atoms with Gasteiger partial charge in [0.05, 0.1) is 12.0 Å². The average molecular weight is 278 g/mol. The summed E-state index contributed by atoms with van der Waals surface area (Å²) in [6.45, 7) is 9.87. The second-order valence-electron chi connectivity index (χ2n) is 6.03. The zero-order valence-corrected chi connectivity index (χ0v) is 12.8. The first kappa shape index (κ1) is 15.0. The zero-order valence-electron chi connectivity index (χ0n) is 12.8. The third-order valence-corrected chi connectivity index (χ3v) is 3.80. The molecule has 0 bridgehead atoms. The van der Waals surface area contributed by atoms with Crippen molar-refractivity contribution in [2.75, 3.05) is 19.6 Å². The Morgan fingerprint density at radius 1 is 1.35 bits per heavy atom. The van der Waals surface area contributed by atoms with Crippen LogP contribution in [0.25, 0.3) is 0 Å². The third kappa shape index (κ3) is 3.60. The van der Waals surface area contributed by atoms with Gasteiger partial charge in [-0.05, 0) is 32.2 Å². The van der Waals surface area contributed by atoms with Crippen molar-refractivity contribution in [2.24, 2.45) is 5.92 Å². The standard InChI is InChI=1S/C15H26N4O/c1-12(2)8-16-9-14-10-17-11-19(14)13(3)15(20)18-6-4-5-7-18/h10-13,16H,4-9H2,1-3H3. The number of imidazole rings is 1. The van der Waals surface area contributed by atoms with Crippen LogP contribution in [-0.4, -0.2) is 40.0 Å². The van der Waals surface area contributed by atoms with E-state index in [0.717, 1.165) is 44.7 Å². The number of nitrogens with zero attached hydrogens (tertiary/aromatic N) is 3. The highest BCUT2D eigenvalue weighted by molar-refractivity contribution is 5.80. The Kier molecular flexibility index (Phi) is 5.17. The lowest BCUT2D eigenvalue weighted by Gasteiger charge is -2.22. The molecule has 0 radical (unpaired) electrons. The van der Waals surface area contributed by atoms with Crippen LogP contribution in [0.3, 0.4) is 0 Å². The monoisotopic (exact) mass is 278 g/mol. The van der Waals surface area contributed by atoms with Gasteiger partial charge in [0.25, 0.3) is 0 Å². The Balaban J connectivity index is 1.97. The van der Waals surface area contributed by atoms with E-state index in [2.05, 4.69) is 24.1 Å². The van der Waals surface area contributed by atoms with Gasteiger partial charge in [0, 0.05) is 25.8 Å². The molecule has 1 aromatic heterocycles. The van der Waals surface area contributed by atoms with E-state index in [9.17, 15) is 4.79 Å². The number of hydrogen-bond donors (Lipinski definition) is 1. The lowest BCUT2D eigenvalue weighted by atomic mass is 10.2. The summed E-state index contributed by atoms with van der Waals surface area (Å²) in [7, 11) is 0. The van der Waals surface area contributed by atoms with Crippen LogP contribution in [0, 0.1) is 5.92 Å². The fourth-order valence-corrected chi connectivity index (χ4v) is 2.63. The minimum atomic E-state index is -0.161. The molecule has 20 heavy (non-hydrogen) atoms. The summed E-state index contributed by atoms with van der Waals surface area (Å²) >= 11 is 0. The maximum Gasteiger partial charge on any atom is 0.245 e. The average Bonchev–Trinajstić information content (AvgIpc) is 3.07. The Bertz CT molecular complexity index is 435. The van der Waals surface area contributed by atoms with Gasteiger partial charge in [-0.15, -0.1) is 0 Å². The second-order valence-corrected chi connectivity index (χ2v) is 6.03. The summed E-state index contributed by atoms with van der Waals surface area (Å²) in [6, 6.07) is -0.161. The fraction of sp³-hybridized carbons (Fsp3) is 0.733. The van der Waals surface area contributed by atoms with Crippen molar-refractivity contribution in [1.29, 1.82) is 0 Å². The summed E-state index contributed by atoms with van der Waals surface area (Å²) in [4.78, 5) is 18.6. The van der Waals surface area contributed by atoms with Crippen LogP contribution in [0.4, 0.5) is 0 Å². The van der Waals surface area contributed by atoms with Gasteiger partial charge in [-0.25, -0.2) is 4.98 Å². The first-order valence-electron chi connectivity index (χ1n) is 7.59. The van der Waals surface area contributed by atoms with E-state index in [1.54, 1.807) is 6.33 Å². The van der Waals surface area contributed by atoms with Crippen LogP contribution in [0.2, 0.25) is 0 Å². The largest absolute Gasteiger partial charge is 0.341 e. The molecule has 1 aliphatic heterocycles. The fourth-order valence-electron chi connectivity index (χ4n) is 2.63. The first-order valence-corrected chi connectivity index (χ1v) is 7.59. The van der Waals surface area contributed by atoms with Crippen LogP contribution < -0.4 is 5.32 Å². The van der Waals surface area contributed by atoms with Crippen molar-refractivity contribution in [3.63, 3.8) is 0 Å². The summed E-state index contributed by atoms with van der Waals surface area (Å²) < 4.78 is 1.99. The molecule has 0 spiro atoms. The highest BCUT2D eigenvalue weighted by Gasteiger charge is 2.25. The predicted molar refractivity (Wildman–Crippen MR) is 79.3 cm³/mol.